The number of aromatic nitrogens is 1. The van der Waals surface area contributed by atoms with Gasteiger partial charge in [-0.05, 0) is 139 Å². The summed E-state index contributed by atoms with van der Waals surface area (Å²) in [6.07, 6.45) is 2.17. The van der Waals surface area contributed by atoms with Crippen LogP contribution in [0.5, 0.6) is 0 Å². The third kappa shape index (κ3) is 4.75. The summed E-state index contributed by atoms with van der Waals surface area (Å²) in [4.78, 5) is 4.30. The van der Waals surface area contributed by atoms with Crippen molar-refractivity contribution < 1.29 is 0 Å². The number of hydrogen-bond acceptors (Lipinski definition) is 1. The van der Waals surface area contributed by atoms with Crippen molar-refractivity contribution >= 4 is 56.5 Å². The van der Waals surface area contributed by atoms with Crippen molar-refractivity contribution in [2.75, 3.05) is 7.05 Å². The summed E-state index contributed by atoms with van der Waals surface area (Å²) in [5.74, 6) is 0. The van der Waals surface area contributed by atoms with E-state index in [1.807, 2.05) is 14.0 Å². The van der Waals surface area contributed by atoms with Crippen molar-refractivity contribution in [2.45, 2.75) is 41.5 Å². The molecule has 0 aliphatic carbocycles. The van der Waals surface area contributed by atoms with Gasteiger partial charge in [-0.15, -0.1) is 0 Å². The molecule has 0 aliphatic rings. The maximum atomic E-state index is 4.30. The molecule has 0 atom stereocenters. The summed E-state index contributed by atoms with van der Waals surface area (Å²) >= 11 is 4.90. The van der Waals surface area contributed by atoms with Gasteiger partial charge in [-0.3, -0.25) is 4.99 Å². The fourth-order valence-corrected chi connectivity index (χ4v) is 5.06. The van der Waals surface area contributed by atoms with Gasteiger partial charge in [-0.25, -0.2) is 0 Å². The second-order valence-electron chi connectivity index (χ2n) is 7.13. The second-order valence-corrected chi connectivity index (χ2v) is 9.46. The van der Waals surface area contributed by atoms with E-state index in [2.05, 4.69) is 121 Å². The van der Waals surface area contributed by atoms with Gasteiger partial charge in [-0.2, -0.15) is 0 Å². The molecule has 0 fully saturated rings. The fourth-order valence-electron chi connectivity index (χ4n) is 3.29. The Morgan fingerprint density at radius 2 is 1.56 bits per heavy atom. The first-order chi connectivity index (χ1) is 12.6. The van der Waals surface area contributed by atoms with E-state index in [0.29, 0.717) is 0 Å². The van der Waals surface area contributed by atoms with Gasteiger partial charge in [0.15, 0.2) is 0 Å². The maximum Gasteiger partial charge on any atom is 0.0518 e. The molecule has 1 aromatic heterocycles. The van der Waals surface area contributed by atoms with Crippen molar-refractivity contribution in [3.05, 3.63) is 70.6 Å². The number of halogens is 2. The molecule has 2 rings (SSSR count). The summed E-state index contributed by atoms with van der Waals surface area (Å²) in [7, 11) is 4.00. The van der Waals surface area contributed by atoms with E-state index in [1.54, 1.807) is 0 Å². The second kappa shape index (κ2) is 9.07. The minimum Gasteiger partial charge on any atom is -0.348 e. The summed E-state index contributed by atoms with van der Waals surface area (Å²) in [6, 6.07) is 6.89. The first-order valence-corrected chi connectivity index (χ1v) is 11.2. The number of hydrogen-bond donors (Lipinski definition) is 0. The Morgan fingerprint density at radius 3 is 2.00 bits per heavy atom. The Kier molecular flexibility index (Phi) is 7.53. The highest BCUT2D eigenvalue weighted by Gasteiger charge is 2.19. The van der Waals surface area contributed by atoms with Gasteiger partial charge < -0.3 is 4.57 Å². The first-order valence-electron chi connectivity index (χ1n) is 9.00. The molecule has 144 valence electrons. The van der Waals surface area contributed by atoms with Gasteiger partial charge in [0.2, 0.25) is 0 Å². The smallest absolute Gasteiger partial charge is 0.0518 e. The lowest BCUT2D eigenvalue weighted by Crippen LogP contribution is -2.05. The molecule has 2 nitrogen and oxygen atoms in total. The van der Waals surface area contributed by atoms with E-state index >= 15 is 0 Å². The molecule has 27 heavy (non-hydrogen) atoms. The van der Waals surface area contributed by atoms with Crippen molar-refractivity contribution in [2.24, 2.45) is 12.0 Å². The zero-order valence-corrected chi connectivity index (χ0v) is 21.8. The van der Waals surface area contributed by atoms with Crippen LogP contribution in [-0.4, -0.2) is 17.3 Å². The van der Waals surface area contributed by atoms with Gasteiger partial charge in [0.25, 0.3) is 0 Å². The summed E-state index contributed by atoms with van der Waals surface area (Å²) in [6.45, 7) is 13.0. The van der Waals surface area contributed by atoms with E-state index in [1.165, 1.54) is 51.9 Å². The Hall–Kier alpha value is -0.890. The van der Waals surface area contributed by atoms with E-state index in [0.717, 1.165) is 5.71 Å². The predicted octanol–water partition coefficient (Wildman–Crippen LogP) is 7.02. The average Bonchev–Trinajstić information content (AvgIpc) is 2.85. The standard InChI is InChI=1S/C23H28I2N2/c1-13(9-15(3)26-7)17(5)22(23-14(2)10-16(4)27(23)8)19-11-20(24)18(6)21(25)12-19/h9-12H,1-8H3/b13-9-,22-17+,26-15?. The van der Waals surface area contributed by atoms with Crippen molar-refractivity contribution in [1.82, 2.24) is 4.57 Å². The van der Waals surface area contributed by atoms with Crippen LogP contribution in [0.4, 0.5) is 0 Å². The minimum absolute atomic E-state index is 1.04. The number of nitrogens with zero attached hydrogens (tertiary/aromatic N) is 2. The fraction of sp³-hybridized carbons (Fsp3) is 0.348. The predicted molar refractivity (Wildman–Crippen MR) is 136 cm³/mol. The van der Waals surface area contributed by atoms with Crippen LogP contribution in [0.1, 0.15) is 48.8 Å². The SMILES string of the molecule is CN=C(C)/C=C(C)\C(C)=C(/c1cc(I)c(C)c(I)c1)c1c(C)cc(C)n1C. The Labute approximate surface area is 191 Å². The third-order valence-electron chi connectivity index (χ3n) is 5.21. The van der Waals surface area contributed by atoms with Crippen LogP contribution >= 0.6 is 45.2 Å². The average molecular weight is 586 g/mol. The molecule has 0 bridgehead atoms. The molecule has 0 radical (unpaired) electrons. The zero-order chi connectivity index (χ0) is 20.5. The molecule has 0 N–H and O–H groups in total. The highest BCUT2D eigenvalue weighted by atomic mass is 127. The summed E-state index contributed by atoms with van der Waals surface area (Å²) in [5.41, 5.74) is 11.4. The molecule has 0 aliphatic heterocycles. The van der Waals surface area contributed by atoms with E-state index in [9.17, 15) is 0 Å². The quantitative estimate of drug-likeness (QED) is 0.208. The lowest BCUT2D eigenvalue weighted by Gasteiger charge is -2.18. The normalized spacial score (nSPS) is 13.9. The van der Waals surface area contributed by atoms with Crippen molar-refractivity contribution in [3.8, 4) is 0 Å². The van der Waals surface area contributed by atoms with Crippen LogP contribution in [0, 0.1) is 27.9 Å². The number of rotatable bonds is 4. The number of aliphatic imine (C=N–C) groups is 1. The Morgan fingerprint density at radius 1 is 1.00 bits per heavy atom. The van der Waals surface area contributed by atoms with E-state index in [-0.39, 0.29) is 0 Å². The van der Waals surface area contributed by atoms with Gasteiger partial charge in [0.1, 0.15) is 0 Å². The minimum atomic E-state index is 1.04. The van der Waals surface area contributed by atoms with Crippen molar-refractivity contribution in [1.29, 1.82) is 0 Å². The molecular formula is C23H28I2N2. The number of benzene rings is 1. The van der Waals surface area contributed by atoms with Gasteiger partial charge in [-0.1, -0.05) is 0 Å². The molecule has 0 spiro atoms. The lowest BCUT2D eigenvalue weighted by molar-refractivity contribution is 0.863. The van der Waals surface area contributed by atoms with Crippen LogP contribution in [0.25, 0.3) is 5.57 Å². The van der Waals surface area contributed by atoms with Gasteiger partial charge in [0.05, 0.1) is 5.69 Å². The van der Waals surface area contributed by atoms with Crippen LogP contribution in [0.2, 0.25) is 0 Å². The monoisotopic (exact) mass is 586 g/mol. The molecule has 0 unspecified atom stereocenters. The first kappa shape index (κ1) is 22.4. The summed E-state index contributed by atoms with van der Waals surface area (Å²) in [5, 5.41) is 0. The molecule has 1 aromatic carbocycles. The molecule has 0 saturated heterocycles. The topological polar surface area (TPSA) is 17.3 Å². The molecule has 2 aromatic rings. The zero-order valence-electron chi connectivity index (χ0n) is 17.5. The van der Waals surface area contributed by atoms with Crippen LogP contribution in [0.3, 0.4) is 0 Å². The van der Waals surface area contributed by atoms with Crippen LogP contribution in [-0.2, 0) is 7.05 Å². The lowest BCUT2D eigenvalue weighted by atomic mass is 9.91. The third-order valence-corrected chi connectivity index (χ3v) is 7.46. The van der Waals surface area contributed by atoms with E-state index < -0.39 is 0 Å². The van der Waals surface area contributed by atoms with E-state index in [4.69, 9.17) is 0 Å². The molecule has 4 heteroatoms. The molecule has 0 amide bonds. The van der Waals surface area contributed by atoms with Crippen LogP contribution < -0.4 is 0 Å². The number of aryl methyl sites for hydroxylation is 2. The molecule has 0 saturated carbocycles. The molecule has 1 heterocycles. The number of allylic oxidation sites excluding steroid dienone is 3. The van der Waals surface area contributed by atoms with Gasteiger partial charge >= 0.3 is 0 Å². The Bertz CT molecular complexity index is 949. The van der Waals surface area contributed by atoms with Crippen molar-refractivity contribution in [3.63, 3.8) is 0 Å². The van der Waals surface area contributed by atoms with Gasteiger partial charge in [0, 0.05) is 38.2 Å². The maximum absolute atomic E-state index is 4.30. The molecular weight excluding hydrogens is 558 g/mol. The summed E-state index contributed by atoms with van der Waals surface area (Å²) < 4.78 is 4.91. The highest BCUT2D eigenvalue weighted by molar-refractivity contribution is 14.1. The largest absolute Gasteiger partial charge is 0.348 e. The highest BCUT2D eigenvalue weighted by Crippen LogP contribution is 2.35. The Balaban J connectivity index is 2.89. The van der Waals surface area contributed by atoms with Crippen LogP contribution in [0.15, 0.2) is 40.4 Å².